The van der Waals surface area contributed by atoms with Gasteiger partial charge in [-0.15, -0.1) is 0 Å². The average Bonchev–Trinajstić information content (AvgIpc) is 3.38. The van der Waals surface area contributed by atoms with Crippen LogP contribution >= 0.6 is 0 Å². The second-order valence-corrected chi connectivity index (χ2v) is 11.0. The molecule has 0 atom stereocenters. The number of aromatic nitrogens is 1. The highest BCUT2D eigenvalue weighted by Crippen LogP contribution is 2.37. The van der Waals surface area contributed by atoms with E-state index in [-0.39, 0.29) is 11.6 Å². The molecule has 9 heteroatoms. The molecule has 0 aliphatic carbocycles. The van der Waals surface area contributed by atoms with Crippen molar-refractivity contribution in [2.75, 3.05) is 17.6 Å². The first-order chi connectivity index (χ1) is 17.3. The minimum absolute atomic E-state index is 0.167. The number of aryl methyl sites for hydroxylation is 1. The number of ketones is 1. The first kappa shape index (κ1) is 26.1. The van der Waals surface area contributed by atoms with Gasteiger partial charge in [0, 0.05) is 35.0 Å². The lowest BCUT2D eigenvalue weighted by Crippen LogP contribution is -2.25. The zero-order valence-corrected chi connectivity index (χ0v) is 22.4. The Labute approximate surface area is 215 Å². The normalized spacial score (nSPS) is 12.9. The standard InChI is InChI=1S/C28H28FN3O4S/c1-8-22(31-28(15(2)3)24-13-18-21(29)10-9-11-23(18)30-24)19-12-20-26(36-17(5)27(20)16(4)33)14-25(19)32(6)37(7,34)35/h8-14,30H,2H2,1,3-7H3/b22-8-,31-28?. The van der Waals surface area contributed by atoms with Crippen LogP contribution in [0.5, 0.6) is 0 Å². The van der Waals surface area contributed by atoms with Gasteiger partial charge in [-0.25, -0.2) is 17.8 Å². The third kappa shape index (κ3) is 4.74. The molecule has 0 fully saturated rings. The summed E-state index contributed by atoms with van der Waals surface area (Å²) in [7, 11) is -2.20. The van der Waals surface area contributed by atoms with Gasteiger partial charge in [0.15, 0.2) is 5.78 Å². The van der Waals surface area contributed by atoms with E-state index in [2.05, 4.69) is 11.6 Å². The summed E-state index contributed by atoms with van der Waals surface area (Å²) in [4.78, 5) is 20.4. The number of aromatic amines is 1. The molecule has 0 amide bonds. The molecule has 37 heavy (non-hydrogen) atoms. The molecule has 0 saturated carbocycles. The van der Waals surface area contributed by atoms with E-state index in [1.807, 2.05) is 0 Å². The molecular formula is C28H28FN3O4S. The van der Waals surface area contributed by atoms with Crippen molar-refractivity contribution < 1.29 is 22.0 Å². The summed E-state index contributed by atoms with van der Waals surface area (Å²) in [5.74, 6) is -0.0810. The predicted molar refractivity (Wildman–Crippen MR) is 147 cm³/mol. The second-order valence-electron chi connectivity index (χ2n) is 8.98. The van der Waals surface area contributed by atoms with E-state index in [1.165, 1.54) is 20.0 Å². The van der Waals surface area contributed by atoms with E-state index in [0.29, 0.717) is 67.1 Å². The number of nitrogens with zero attached hydrogens (tertiary/aromatic N) is 2. The van der Waals surface area contributed by atoms with Gasteiger partial charge in [0.05, 0.1) is 34.6 Å². The molecule has 2 aromatic carbocycles. The molecule has 0 aliphatic heterocycles. The number of benzene rings is 2. The molecular weight excluding hydrogens is 493 g/mol. The Morgan fingerprint density at radius 3 is 2.46 bits per heavy atom. The van der Waals surface area contributed by atoms with Crippen molar-refractivity contribution >= 4 is 54.8 Å². The summed E-state index contributed by atoms with van der Waals surface area (Å²) >= 11 is 0. The Morgan fingerprint density at radius 1 is 1.19 bits per heavy atom. The molecule has 7 nitrogen and oxygen atoms in total. The number of carbonyl (C=O) groups excluding carboxylic acids is 1. The van der Waals surface area contributed by atoms with E-state index in [1.54, 1.807) is 57.2 Å². The third-order valence-corrected chi connectivity index (χ3v) is 7.41. The maximum absolute atomic E-state index is 14.4. The summed E-state index contributed by atoms with van der Waals surface area (Å²) in [6.07, 6.45) is 2.85. The lowest BCUT2D eigenvalue weighted by Gasteiger charge is -2.21. The van der Waals surface area contributed by atoms with Crippen molar-refractivity contribution in [1.82, 2.24) is 4.98 Å². The van der Waals surface area contributed by atoms with Crippen molar-refractivity contribution in [3.05, 3.63) is 83.0 Å². The van der Waals surface area contributed by atoms with Crippen LogP contribution in [-0.2, 0) is 10.0 Å². The molecule has 0 spiro atoms. The summed E-state index contributed by atoms with van der Waals surface area (Å²) in [6.45, 7) is 10.8. The van der Waals surface area contributed by atoms with Crippen molar-refractivity contribution in [3.8, 4) is 0 Å². The van der Waals surface area contributed by atoms with Crippen LogP contribution in [0.4, 0.5) is 10.1 Å². The van der Waals surface area contributed by atoms with Crippen LogP contribution in [0, 0.1) is 12.7 Å². The molecule has 2 heterocycles. The number of rotatable bonds is 7. The van der Waals surface area contributed by atoms with Gasteiger partial charge in [-0.3, -0.25) is 9.10 Å². The zero-order valence-electron chi connectivity index (χ0n) is 21.6. The lowest BCUT2D eigenvalue weighted by atomic mass is 10.0. The number of H-pyrrole nitrogens is 1. The zero-order chi connectivity index (χ0) is 27.2. The van der Waals surface area contributed by atoms with Gasteiger partial charge in [0.1, 0.15) is 17.2 Å². The number of allylic oxidation sites excluding steroid dienone is 2. The first-order valence-corrected chi connectivity index (χ1v) is 13.4. The number of furan rings is 1. The number of sulfonamides is 1. The number of hydrogen-bond donors (Lipinski definition) is 1. The molecule has 1 N–H and O–H groups in total. The Bertz CT molecular complexity index is 1760. The van der Waals surface area contributed by atoms with Crippen LogP contribution in [0.1, 0.15) is 48.1 Å². The van der Waals surface area contributed by atoms with E-state index >= 15 is 0 Å². The van der Waals surface area contributed by atoms with Crippen molar-refractivity contribution in [2.45, 2.75) is 27.7 Å². The number of nitrogens with one attached hydrogen (secondary N) is 1. The number of halogens is 1. The molecule has 4 aromatic rings. The molecule has 0 radical (unpaired) electrons. The van der Waals surface area contributed by atoms with Gasteiger partial charge in [0.2, 0.25) is 10.0 Å². The highest BCUT2D eigenvalue weighted by Gasteiger charge is 2.24. The second kappa shape index (κ2) is 9.48. The fourth-order valence-electron chi connectivity index (χ4n) is 4.37. The van der Waals surface area contributed by atoms with Gasteiger partial charge in [-0.2, -0.15) is 0 Å². The first-order valence-electron chi connectivity index (χ1n) is 11.5. The molecule has 0 aliphatic rings. The summed E-state index contributed by atoms with van der Waals surface area (Å²) < 4.78 is 46.4. The van der Waals surface area contributed by atoms with Crippen LogP contribution in [0.2, 0.25) is 0 Å². The Balaban J connectivity index is 2.01. The largest absolute Gasteiger partial charge is 0.461 e. The molecule has 0 unspecified atom stereocenters. The molecule has 192 valence electrons. The van der Waals surface area contributed by atoms with Gasteiger partial charge in [-0.1, -0.05) is 18.7 Å². The Morgan fingerprint density at radius 2 is 1.89 bits per heavy atom. The average molecular weight is 522 g/mol. The highest BCUT2D eigenvalue weighted by molar-refractivity contribution is 7.92. The third-order valence-electron chi connectivity index (χ3n) is 6.22. The molecule has 2 aromatic heterocycles. The quantitative estimate of drug-likeness (QED) is 0.225. The Kier molecular flexibility index (Phi) is 6.68. The van der Waals surface area contributed by atoms with Gasteiger partial charge in [0.25, 0.3) is 0 Å². The van der Waals surface area contributed by atoms with Crippen LogP contribution in [0.3, 0.4) is 0 Å². The summed E-state index contributed by atoms with van der Waals surface area (Å²) in [5.41, 5.74) is 4.35. The number of hydrogen-bond acceptors (Lipinski definition) is 5. The molecule has 0 saturated heterocycles. The maximum Gasteiger partial charge on any atom is 0.232 e. The summed E-state index contributed by atoms with van der Waals surface area (Å²) in [5, 5.41) is 0.983. The van der Waals surface area contributed by atoms with Gasteiger partial charge >= 0.3 is 0 Å². The van der Waals surface area contributed by atoms with Crippen molar-refractivity contribution in [1.29, 1.82) is 0 Å². The fraction of sp³-hybridized carbons (Fsp3) is 0.214. The number of Topliss-reactive ketones (excluding diaryl/α,β-unsaturated/α-hetero) is 1. The van der Waals surface area contributed by atoms with Crippen LogP contribution < -0.4 is 4.31 Å². The summed E-state index contributed by atoms with van der Waals surface area (Å²) in [6, 6.07) is 9.77. The molecule has 4 rings (SSSR count). The number of anilines is 1. The van der Waals surface area contributed by atoms with Crippen molar-refractivity contribution in [2.24, 2.45) is 4.99 Å². The van der Waals surface area contributed by atoms with Crippen LogP contribution in [-0.4, -0.2) is 38.2 Å². The van der Waals surface area contributed by atoms with E-state index < -0.39 is 10.0 Å². The maximum atomic E-state index is 14.4. The van der Waals surface area contributed by atoms with Gasteiger partial charge in [-0.05, 0) is 57.5 Å². The van der Waals surface area contributed by atoms with E-state index in [4.69, 9.17) is 9.41 Å². The van der Waals surface area contributed by atoms with Crippen molar-refractivity contribution in [3.63, 3.8) is 0 Å². The minimum atomic E-state index is -3.64. The highest BCUT2D eigenvalue weighted by atomic mass is 32.2. The van der Waals surface area contributed by atoms with E-state index in [0.717, 1.165) is 10.6 Å². The van der Waals surface area contributed by atoms with E-state index in [9.17, 15) is 17.6 Å². The Hall–Kier alpha value is -3.98. The fourth-order valence-corrected chi connectivity index (χ4v) is 4.88. The predicted octanol–water partition coefficient (Wildman–Crippen LogP) is 6.39. The number of aliphatic imine (C=N–C) groups is 1. The van der Waals surface area contributed by atoms with Crippen LogP contribution in [0.15, 0.2) is 64.0 Å². The van der Waals surface area contributed by atoms with Gasteiger partial charge < -0.3 is 9.40 Å². The number of carbonyl (C=O) groups is 1. The minimum Gasteiger partial charge on any atom is -0.461 e. The molecule has 0 bridgehead atoms. The van der Waals surface area contributed by atoms with Crippen LogP contribution in [0.25, 0.3) is 27.6 Å². The smallest absolute Gasteiger partial charge is 0.232 e. The SMILES string of the molecule is C=C(C)C(=N/C(=C\C)c1cc2c(C(C)=O)c(C)oc2cc1N(C)S(C)(=O)=O)c1cc2c(F)cccc2[nH]1. The topological polar surface area (TPSA) is 95.7 Å². The lowest BCUT2D eigenvalue weighted by molar-refractivity contribution is 0.101. The monoisotopic (exact) mass is 521 g/mol. The number of fused-ring (bicyclic) bond motifs is 2.